The number of benzene rings is 1. The van der Waals surface area contributed by atoms with Crippen molar-refractivity contribution in [3.8, 4) is 0 Å². The number of pyridine rings is 1. The zero-order valence-corrected chi connectivity index (χ0v) is 8.22. The van der Waals surface area contributed by atoms with Gasteiger partial charge in [0.25, 0.3) is 0 Å². The molecule has 0 fully saturated rings. The molecule has 1 aromatic carbocycles. The highest BCUT2D eigenvalue weighted by Crippen LogP contribution is 2.13. The average Bonchev–Trinajstić information content (AvgIpc) is 2.16. The zero-order valence-electron chi connectivity index (χ0n) is 8.22. The van der Waals surface area contributed by atoms with E-state index in [1.807, 2.05) is 19.9 Å². The number of rotatable bonds is 0. The van der Waals surface area contributed by atoms with Gasteiger partial charge in [-0.25, -0.2) is 0 Å². The van der Waals surface area contributed by atoms with E-state index in [0.29, 0.717) is 11.1 Å². The molecule has 2 rings (SSSR count). The summed E-state index contributed by atoms with van der Waals surface area (Å²) >= 11 is 0. The predicted octanol–water partition coefficient (Wildman–Crippen LogP) is 1.73. The van der Waals surface area contributed by atoms with Crippen LogP contribution >= 0.6 is 0 Å². The largest absolute Gasteiger partial charge is 0.399 e. The van der Waals surface area contributed by atoms with Gasteiger partial charge in [-0.3, -0.25) is 4.79 Å². The Kier molecular flexibility index (Phi) is 1.81. The number of hydrogen-bond acceptors (Lipinski definition) is 2. The highest BCUT2D eigenvalue weighted by molar-refractivity contribution is 5.82. The average molecular weight is 188 g/mol. The third-order valence-electron chi connectivity index (χ3n) is 2.51. The quantitative estimate of drug-likeness (QED) is 0.618. The van der Waals surface area contributed by atoms with Crippen LogP contribution in [0.3, 0.4) is 0 Å². The van der Waals surface area contributed by atoms with Gasteiger partial charge in [0.1, 0.15) is 0 Å². The molecular formula is C11H12N2O. The number of aromatic nitrogens is 1. The van der Waals surface area contributed by atoms with Gasteiger partial charge >= 0.3 is 0 Å². The number of nitrogen functional groups attached to an aromatic ring is 1. The molecule has 3 heteroatoms. The van der Waals surface area contributed by atoms with E-state index in [2.05, 4.69) is 4.98 Å². The smallest absolute Gasteiger partial charge is 0.192 e. The lowest BCUT2D eigenvalue weighted by Gasteiger charge is -2.04. The Labute approximate surface area is 81.6 Å². The molecule has 0 aliphatic heterocycles. The number of fused-ring (bicyclic) bond motifs is 1. The van der Waals surface area contributed by atoms with Crippen molar-refractivity contribution < 1.29 is 0 Å². The minimum Gasteiger partial charge on any atom is -0.399 e. The first-order chi connectivity index (χ1) is 6.59. The van der Waals surface area contributed by atoms with Gasteiger partial charge in [0, 0.05) is 27.8 Å². The van der Waals surface area contributed by atoms with Gasteiger partial charge in [-0.05, 0) is 32.0 Å². The van der Waals surface area contributed by atoms with Crippen molar-refractivity contribution in [2.24, 2.45) is 0 Å². The van der Waals surface area contributed by atoms with Gasteiger partial charge in [0.15, 0.2) is 5.43 Å². The Bertz CT molecular complexity index is 555. The predicted molar refractivity (Wildman–Crippen MR) is 58.5 cm³/mol. The third kappa shape index (κ3) is 1.18. The second-order valence-electron chi connectivity index (χ2n) is 3.51. The van der Waals surface area contributed by atoms with E-state index in [9.17, 15) is 4.79 Å². The van der Waals surface area contributed by atoms with Crippen LogP contribution in [0.2, 0.25) is 0 Å². The summed E-state index contributed by atoms with van der Waals surface area (Å²) in [7, 11) is 0. The first-order valence-corrected chi connectivity index (χ1v) is 4.48. The molecule has 0 aliphatic carbocycles. The molecule has 1 aromatic heterocycles. The van der Waals surface area contributed by atoms with Crippen LogP contribution in [0.1, 0.15) is 11.3 Å². The maximum absolute atomic E-state index is 11.8. The Balaban J connectivity index is 2.99. The molecule has 0 saturated carbocycles. The van der Waals surface area contributed by atoms with E-state index >= 15 is 0 Å². The molecule has 0 amide bonds. The molecule has 1 heterocycles. The summed E-state index contributed by atoms with van der Waals surface area (Å²) in [5.74, 6) is 0. The van der Waals surface area contributed by atoms with E-state index in [1.165, 1.54) is 0 Å². The van der Waals surface area contributed by atoms with Crippen molar-refractivity contribution in [2.45, 2.75) is 13.8 Å². The molecule has 0 radical (unpaired) electrons. The minimum atomic E-state index is 0.0588. The molecule has 14 heavy (non-hydrogen) atoms. The Morgan fingerprint density at radius 2 is 2.00 bits per heavy atom. The lowest BCUT2D eigenvalue weighted by molar-refractivity contribution is 1.18. The summed E-state index contributed by atoms with van der Waals surface area (Å²) < 4.78 is 0. The number of H-pyrrole nitrogens is 1. The van der Waals surface area contributed by atoms with Crippen molar-refractivity contribution in [2.75, 3.05) is 5.73 Å². The van der Waals surface area contributed by atoms with E-state index in [0.717, 1.165) is 16.8 Å². The van der Waals surface area contributed by atoms with Crippen LogP contribution in [-0.2, 0) is 0 Å². The maximum Gasteiger partial charge on any atom is 0.192 e. The fourth-order valence-electron chi connectivity index (χ4n) is 1.53. The van der Waals surface area contributed by atoms with Gasteiger partial charge in [-0.2, -0.15) is 0 Å². The second kappa shape index (κ2) is 2.87. The van der Waals surface area contributed by atoms with E-state index < -0.39 is 0 Å². The Hall–Kier alpha value is -1.77. The monoisotopic (exact) mass is 188 g/mol. The van der Waals surface area contributed by atoms with E-state index in [4.69, 9.17) is 5.73 Å². The number of hydrogen-bond donors (Lipinski definition) is 2. The topological polar surface area (TPSA) is 58.9 Å². The normalized spacial score (nSPS) is 10.7. The molecule has 72 valence electrons. The van der Waals surface area contributed by atoms with Crippen molar-refractivity contribution in [3.05, 3.63) is 39.7 Å². The Morgan fingerprint density at radius 1 is 1.29 bits per heavy atom. The number of nitrogens with one attached hydrogen (secondary N) is 1. The fourth-order valence-corrected chi connectivity index (χ4v) is 1.53. The molecule has 3 nitrogen and oxygen atoms in total. The van der Waals surface area contributed by atoms with Crippen LogP contribution in [-0.4, -0.2) is 4.98 Å². The summed E-state index contributed by atoms with van der Waals surface area (Å²) in [6.07, 6.45) is 0. The zero-order chi connectivity index (χ0) is 10.3. The van der Waals surface area contributed by atoms with Crippen LogP contribution in [0.4, 0.5) is 5.69 Å². The summed E-state index contributed by atoms with van der Waals surface area (Å²) in [6.45, 7) is 3.71. The number of nitrogens with two attached hydrogens (primary N) is 1. The Morgan fingerprint density at radius 3 is 2.71 bits per heavy atom. The van der Waals surface area contributed by atoms with E-state index in [1.54, 1.807) is 12.1 Å². The molecule has 0 saturated heterocycles. The van der Waals surface area contributed by atoms with Crippen LogP contribution < -0.4 is 11.2 Å². The molecule has 0 atom stereocenters. The number of aromatic amines is 1. The van der Waals surface area contributed by atoms with Crippen LogP contribution in [0.15, 0.2) is 23.0 Å². The van der Waals surface area contributed by atoms with Crippen molar-refractivity contribution in [1.29, 1.82) is 0 Å². The van der Waals surface area contributed by atoms with Crippen LogP contribution in [0, 0.1) is 13.8 Å². The number of aryl methyl sites for hydroxylation is 1. The molecule has 3 N–H and O–H groups in total. The van der Waals surface area contributed by atoms with Crippen molar-refractivity contribution >= 4 is 16.6 Å². The second-order valence-corrected chi connectivity index (χ2v) is 3.51. The van der Waals surface area contributed by atoms with Gasteiger partial charge in [-0.1, -0.05) is 0 Å². The lowest BCUT2D eigenvalue weighted by Crippen LogP contribution is -2.09. The first-order valence-electron chi connectivity index (χ1n) is 4.48. The molecular weight excluding hydrogens is 176 g/mol. The highest BCUT2D eigenvalue weighted by atomic mass is 16.1. The molecule has 2 aromatic rings. The maximum atomic E-state index is 11.8. The molecule has 0 bridgehead atoms. The fraction of sp³-hybridized carbons (Fsp3) is 0.182. The molecule has 0 spiro atoms. The van der Waals surface area contributed by atoms with Gasteiger partial charge in [0.2, 0.25) is 0 Å². The standard InChI is InChI=1S/C11H12N2O/c1-6-7(2)13-10-4-3-8(12)5-9(10)11(6)14/h3-5H,12H2,1-2H3,(H,13,14). The van der Waals surface area contributed by atoms with Gasteiger partial charge in [-0.15, -0.1) is 0 Å². The summed E-state index contributed by atoms with van der Waals surface area (Å²) in [6, 6.07) is 5.33. The third-order valence-corrected chi connectivity index (χ3v) is 2.51. The van der Waals surface area contributed by atoms with Crippen molar-refractivity contribution in [1.82, 2.24) is 4.98 Å². The summed E-state index contributed by atoms with van der Waals surface area (Å²) in [4.78, 5) is 15.0. The molecule has 0 unspecified atom stereocenters. The summed E-state index contributed by atoms with van der Waals surface area (Å²) in [5.41, 5.74) is 8.81. The SMILES string of the molecule is Cc1[nH]c2ccc(N)cc2c(=O)c1C. The highest BCUT2D eigenvalue weighted by Gasteiger charge is 2.04. The summed E-state index contributed by atoms with van der Waals surface area (Å²) in [5, 5.41) is 0.660. The lowest BCUT2D eigenvalue weighted by atomic mass is 10.1. The molecule has 0 aliphatic rings. The number of anilines is 1. The van der Waals surface area contributed by atoms with Crippen molar-refractivity contribution in [3.63, 3.8) is 0 Å². The minimum absolute atomic E-state index is 0.0588. The van der Waals surface area contributed by atoms with Crippen LogP contribution in [0.5, 0.6) is 0 Å². The van der Waals surface area contributed by atoms with Gasteiger partial charge in [0.05, 0.1) is 0 Å². The van der Waals surface area contributed by atoms with E-state index in [-0.39, 0.29) is 5.43 Å². The van der Waals surface area contributed by atoms with Gasteiger partial charge < -0.3 is 10.7 Å². The van der Waals surface area contributed by atoms with Crippen LogP contribution in [0.25, 0.3) is 10.9 Å². The first kappa shape index (κ1) is 8.81.